The van der Waals surface area contributed by atoms with Gasteiger partial charge in [0, 0.05) is 75.4 Å². The van der Waals surface area contributed by atoms with Crippen LogP contribution in [0.3, 0.4) is 0 Å². The lowest BCUT2D eigenvalue weighted by atomic mass is 9.98. The van der Waals surface area contributed by atoms with Crippen LogP contribution in [0.2, 0.25) is 0 Å². The van der Waals surface area contributed by atoms with Gasteiger partial charge in [-0.05, 0) is 62.0 Å². The minimum absolute atomic E-state index is 0.330. The van der Waals surface area contributed by atoms with E-state index >= 15 is 0 Å². The zero-order chi connectivity index (χ0) is 28.5. The Morgan fingerprint density at radius 1 is 0.692 bits per heavy atom. The van der Waals surface area contributed by atoms with E-state index in [1.54, 1.807) is 28.4 Å². The third-order valence-corrected chi connectivity index (χ3v) is 10.5. The number of hydrogen-bond donors (Lipinski definition) is 0. The Balaban J connectivity index is 2.26. The van der Waals surface area contributed by atoms with E-state index in [-0.39, 0.29) is 8.92 Å². The average molecular weight is 625 g/mol. The van der Waals surface area contributed by atoms with Crippen LogP contribution in [0.4, 0.5) is 17.1 Å². The van der Waals surface area contributed by atoms with Crippen LogP contribution in [-0.2, 0) is 18.9 Å². The fourth-order valence-corrected chi connectivity index (χ4v) is 7.60. The molecule has 2 aromatic rings. The van der Waals surface area contributed by atoms with Gasteiger partial charge >= 0.3 is 0 Å². The van der Waals surface area contributed by atoms with E-state index < -0.39 is 0 Å². The minimum atomic E-state index is -0.330. The molecule has 1 aliphatic rings. The van der Waals surface area contributed by atoms with E-state index in [1.165, 1.54) is 31.9 Å². The number of nitrogens with zero attached hydrogens (tertiary/aromatic N) is 3. The zero-order valence-corrected chi connectivity index (χ0v) is 27.3. The van der Waals surface area contributed by atoms with E-state index in [2.05, 4.69) is 76.6 Å². The lowest BCUT2D eigenvalue weighted by Gasteiger charge is -2.29. The maximum atomic E-state index is 5.43. The topological polar surface area (TPSA) is 55.8 Å². The number of fused-ring (bicyclic) bond motifs is 2. The highest BCUT2D eigenvalue weighted by atomic mass is 79.9. The number of hydrogen-bond acceptors (Lipinski definition) is 7. The molecule has 0 aromatic heterocycles. The summed E-state index contributed by atoms with van der Waals surface area (Å²) < 4.78 is 22.9. The van der Waals surface area contributed by atoms with Crippen LogP contribution in [0, 0.1) is 4.51 Å². The molecule has 1 atom stereocenters. The fourth-order valence-electron chi connectivity index (χ4n) is 4.76. The van der Waals surface area contributed by atoms with Crippen molar-refractivity contribution in [3.05, 3.63) is 45.3 Å². The first-order chi connectivity index (χ1) is 18.8. The number of ether oxygens (including phenoxy) is 4. The smallest absolute Gasteiger partial charge is 0.0813 e. The van der Waals surface area contributed by atoms with Gasteiger partial charge in [0.15, 0.2) is 0 Å². The Morgan fingerprint density at radius 2 is 1.13 bits per heavy atom. The summed E-state index contributed by atoms with van der Waals surface area (Å²) in [7, 11) is 6.67. The maximum Gasteiger partial charge on any atom is 0.0813 e. The van der Waals surface area contributed by atoms with Gasteiger partial charge in [-0.1, -0.05) is 36.6 Å². The summed E-state index contributed by atoms with van der Waals surface area (Å²) in [5.41, 5.74) is 6.01. The van der Waals surface area contributed by atoms with Gasteiger partial charge in [0.1, 0.15) is 0 Å². The van der Waals surface area contributed by atoms with Gasteiger partial charge in [-0.2, -0.15) is 0 Å². The molecule has 1 heterocycles. The quantitative estimate of drug-likeness (QED) is 0.205. The molecule has 7 nitrogen and oxygen atoms in total. The number of rotatable bonds is 16. The van der Waals surface area contributed by atoms with E-state index in [0.717, 1.165) is 37.2 Å². The molecule has 3 rings (SSSR count). The minimum Gasteiger partial charge on any atom is -0.383 e. The van der Waals surface area contributed by atoms with Gasteiger partial charge in [-0.15, -0.1) is 0 Å². The van der Waals surface area contributed by atoms with E-state index in [4.69, 9.17) is 23.9 Å². The van der Waals surface area contributed by atoms with Crippen molar-refractivity contribution in [3.63, 3.8) is 0 Å². The molecule has 0 saturated heterocycles. The lowest BCUT2D eigenvalue weighted by molar-refractivity contribution is 0.190. The van der Waals surface area contributed by atoms with Gasteiger partial charge in [-0.3, -0.25) is 0 Å². The first-order valence-corrected chi connectivity index (χ1v) is 16.8. The third kappa shape index (κ3) is 7.83. The lowest BCUT2D eigenvalue weighted by Crippen LogP contribution is -2.31. The molecule has 1 aliphatic heterocycles. The molecule has 2 aromatic carbocycles. The van der Waals surface area contributed by atoms with Gasteiger partial charge in [-0.25, -0.2) is 4.99 Å². The Labute approximate surface area is 244 Å². The second-order valence-electron chi connectivity index (χ2n) is 10.4. The van der Waals surface area contributed by atoms with Crippen molar-refractivity contribution in [2.75, 3.05) is 90.8 Å². The summed E-state index contributed by atoms with van der Waals surface area (Å²) in [6.07, 6.45) is 0. The molecule has 9 heteroatoms. The van der Waals surface area contributed by atoms with E-state index in [9.17, 15) is 0 Å². The molecule has 1 unspecified atom stereocenters. The molecule has 0 bridgehead atoms. The molecule has 39 heavy (non-hydrogen) atoms. The van der Waals surface area contributed by atoms with Crippen LogP contribution in [0.5, 0.6) is 0 Å². The summed E-state index contributed by atoms with van der Waals surface area (Å²) in [5, 5.41) is 1.10. The van der Waals surface area contributed by atoms with Crippen molar-refractivity contribution >= 4 is 40.8 Å². The van der Waals surface area contributed by atoms with Crippen LogP contribution >= 0.6 is 23.7 Å². The molecule has 0 fully saturated rings. The number of halogens is 1. The predicted octanol–water partition coefficient (Wildman–Crippen LogP) is 6.29. The van der Waals surface area contributed by atoms with Crippen molar-refractivity contribution in [1.29, 1.82) is 0 Å². The highest BCUT2D eigenvalue weighted by Gasteiger charge is 2.23. The summed E-state index contributed by atoms with van der Waals surface area (Å²) in [6.45, 7) is 14.8. The zero-order valence-electron chi connectivity index (χ0n) is 24.9. The van der Waals surface area contributed by atoms with Crippen molar-refractivity contribution < 1.29 is 18.9 Å². The SMILES string of the molecule is COCCN(CCOC)c1cc(C(C)C)c2c(c1)S(Br)=c1cc(N(CCOC)CCOC)cc(C(C)C)c1=N2. The fraction of sp³-hybridized carbons (Fsp3) is 0.600. The highest BCUT2D eigenvalue weighted by molar-refractivity contribution is 9.52. The predicted molar refractivity (Wildman–Crippen MR) is 167 cm³/mol. The molecule has 218 valence electrons. The number of anilines is 2. The monoisotopic (exact) mass is 623 g/mol. The summed E-state index contributed by atoms with van der Waals surface area (Å²) in [4.78, 5) is 11.3. The first kappa shape index (κ1) is 32.0. The van der Waals surface area contributed by atoms with Crippen LogP contribution in [0.25, 0.3) is 0 Å². The Bertz CT molecular complexity index is 1210. The number of methoxy groups -OCH3 is 4. The molecule has 0 saturated carbocycles. The Morgan fingerprint density at radius 3 is 1.56 bits per heavy atom. The van der Waals surface area contributed by atoms with Crippen molar-refractivity contribution in [1.82, 2.24) is 0 Å². The van der Waals surface area contributed by atoms with Crippen LogP contribution in [0.1, 0.15) is 50.7 Å². The van der Waals surface area contributed by atoms with Crippen LogP contribution < -0.4 is 15.2 Å². The Kier molecular flexibility index (Phi) is 12.7. The molecule has 0 aliphatic carbocycles. The molecule has 0 spiro atoms. The van der Waals surface area contributed by atoms with E-state index in [1.807, 2.05) is 0 Å². The van der Waals surface area contributed by atoms with Crippen molar-refractivity contribution in [2.45, 2.75) is 44.4 Å². The van der Waals surface area contributed by atoms with Gasteiger partial charge in [0.25, 0.3) is 0 Å². The van der Waals surface area contributed by atoms with Crippen molar-refractivity contribution in [3.8, 4) is 0 Å². The maximum absolute atomic E-state index is 5.43. The second-order valence-corrected chi connectivity index (χ2v) is 13.7. The second kappa shape index (κ2) is 15.5. The Hall–Kier alpha value is -1.49. The molecular weight excluding hydrogens is 578 g/mol. The highest BCUT2D eigenvalue weighted by Crippen LogP contribution is 2.49. The van der Waals surface area contributed by atoms with E-state index in [0.29, 0.717) is 38.3 Å². The molecule has 0 amide bonds. The summed E-state index contributed by atoms with van der Waals surface area (Å²) >= 11 is 4.16. The molecule has 0 N–H and O–H groups in total. The standard InChI is InChI=1S/C30H46BrN3O4S/c1-21(2)25-17-23(33(9-13-35-5)10-14-36-6)19-27-29(25)32-30-26(22(3)4)18-24(20-28(30)39(27)31)34(11-15-37-7)12-16-38-8/h17-22H,9-16H2,1-8H3. The summed E-state index contributed by atoms with van der Waals surface area (Å²) in [5.74, 6) is 0.668. The third-order valence-electron chi connectivity index (χ3n) is 7.02. The average Bonchev–Trinajstić information content (AvgIpc) is 2.92. The van der Waals surface area contributed by atoms with Crippen LogP contribution in [0.15, 0.2) is 34.2 Å². The van der Waals surface area contributed by atoms with Crippen LogP contribution in [-0.4, -0.2) is 81.0 Å². The van der Waals surface area contributed by atoms with Gasteiger partial charge in [0.2, 0.25) is 0 Å². The number of benzene rings is 2. The normalized spacial score (nSPS) is 14.4. The first-order valence-electron chi connectivity index (χ1n) is 13.7. The summed E-state index contributed by atoms with van der Waals surface area (Å²) in [6, 6.07) is 9.25. The molecular formula is C30H46BrN3O4S. The van der Waals surface area contributed by atoms with Crippen molar-refractivity contribution in [2.24, 2.45) is 4.99 Å². The van der Waals surface area contributed by atoms with Gasteiger partial charge in [0.05, 0.1) is 37.5 Å². The van der Waals surface area contributed by atoms with Gasteiger partial charge < -0.3 is 28.7 Å². The molecule has 0 radical (unpaired) electrons. The largest absolute Gasteiger partial charge is 0.383 e.